The van der Waals surface area contributed by atoms with Gasteiger partial charge in [-0.3, -0.25) is 4.79 Å². The number of nitriles is 1. The lowest BCUT2D eigenvalue weighted by molar-refractivity contribution is 0.0933. The first-order chi connectivity index (χ1) is 8.74. The summed E-state index contributed by atoms with van der Waals surface area (Å²) in [6.07, 6.45) is 2.79. The molecule has 94 valence electrons. The van der Waals surface area contributed by atoms with Crippen LogP contribution in [-0.4, -0.2) is 11.9 Å². The van der Waals surface area contributed by atoms with Gasteiger partial charge in [-0.15, -0.1) is 0 Å². The van der Waals surface area contributed by atoms with Crippen LogP contribution >= 0.6 is 0 Å². The van der Waals surface area contributed by atoms with Crippen LogP contribution in [0.4, 0.5) is 0 Å². The molecule has 1 amide bonds. The van der Waals surface area contributed by atoms with Gasteiger partial charge in [-0.1, -0.05) is 12.1 Å². The summed E-state index contributed by atoms with van der Waals surface area (Å²) < 4.78 is 0. The molecule has 1 aliphatic rings. The minimum atomic E-state index is -0.106. The van der Waals surface area contributed by atoms with E-state index in [1.165, 1.54) is 0 Å². The third kappa shape index (κ3) is 2.69. The van der Waals surface area contributed by atoms with Crippen LogP contribution in [0.3, 0.4) is 0 Å². The third-order valence-electron chi connectivity index (χ3n) is 3.45. The van der Waals surface area contributed by atoms with Crippen LogP contribution in [0.5, 0.6) is 0 Å². The number of carbonyl (C=O) groups is 1. The fourth-order valence-corrected chi connectivity index (χ4v) is 2.33. The summed E-state index contributed by atoms with van der Waals surface area (Å²) in [4.78, 5) is 12.0. The van der Waals surface area contributed by atoms with E-state index in [0.717, 1.165) is 24.8 Å². The highest BCUT2D eigenvalue weighted by atomic mass is 16.1. The van der Waals surface area contributed by atoms with Crippen LogP contribution in [0, 0.1) is 17.2 Å². The van der Waals surface area contributed by atoms with Gasteiger partial charge in [0.1, 0.15) is 0 Å². The lowest BCUT2D eigenvalue weighted by Gasteiger charge is -2.15. The number of carbonyl (C=O) groups excluding carboxylic acids is 1. The molecule has 18 heavy (non-hydrogen) atoms. The van der Waals surface area contributed by atoms with Gasteiger partial charge in [-0.05, 0) is 37.0 Å². The van der Waals surface area contributed by atoms with Crippen molar-refractivity contribution < 1.29 is 4.79 Å². The molecular weight excluding hydrogens is 226 g/mol. The topological polar surface area (TPSA) is 78.9 Å². The lowest BCUT2D eigenvalue weighted by Crippen LogP contribution is -2.36. The van der Waals surface area contributed by atoms with E-state index in [1.54, 1.807) is 12.1 Å². The van der Waals surface area contributed by atoms with Crippen LogP contribution in [-0.2, 0) is 6.54 Å². The largest absolute Gasteiger partial charge is 0.348 e. The smallest absolute Gasteiger partial charge is 0.251 e. The van der Waals surface area contributed by atoms with Crippen LogP contribution in [0.1, 0.15) is 35.2 Å². The Labute approximate surface area is 107 Å². The molecule has 3 N–H and O–H groups in total. The maximum Gasteiger partial charge on any atom is 0.251 e. The number of hydrogen-bond acceptors (Lipinski definition) is 3. The van der Waals surface area contributed by atoms with Gasteiger partial charge in [-0.25, -0.2) is 0 Å². The highest BCUT2D eigenvalue weighted by Crippen LogP contribution is 2.25. The molecule has 4 heteroatoms. The normalized spacial score (nSPS) is 22.4. The zero-order valence-electron chi connectivity index (χ0n) is 10.2. The van der Waals surface area contributed by atoms with Gasteiger partial charge in [0.15, 0.2) is 0 Å². The Balaban J connectivity index is 2.01. The molecule has 0 saturated heterocycles. The second-order valence-corrected chi connectivity index (χ2v) is 4.65. The number of nitrogens with two attached hydrogens (primary N) is 1. The average molecular weight is 243 g/mol. The van der Waals surface area contributed by atoms with Gasteiger partial charge in [0.2, 0.25) is 0 Å². The second kappa shape index (κ2) is 5.65. The number of hydrogen-bond donors (Lipinski definition) is 2. The zero-order chi connectivity index (χ0) is 13.0. The van der Waals surface area contributed by atoms with Crippen molar-refractivity contribution in [1.82, 2.24) is 5.32 Å². The SMILES string of the molecule is N#CC1CCCC1NC(=O)c1ccc(CN)cc1. The Hall–Kier alpha value is -1.86. The van der Waals surface area contributed by atoms with Gasteiger partial charge in [0.05, 0.1) is 12.0 Å². The van der Waals surface area contributed by atoms with Crippen molar-refractivity contribution in [3.63, 3.8) is 0 Å². The van der Waals surface area contributed by atoms with Crippen molar-refractivity contribution in [3.8, 4) is 6.07 Å². The summed E-state index contributed by atoms with van der Waals surface area (Å²) in [6.45, 7) is 0.473. The van der Waals surface area contributed by atoms with E-state index < -0.39 is 0 Å². The van der Waals surface area contributed by atoms with Crippen molar-refractivity contribution in [2.24, 2.45) is 11.7 Å². The van der Waals surface area contributed by atoms with E-state index in [4.69, 9.17) is 11.0 Å². The fraction of sp³-hybridized carbons (Fsp3) is 0.429. The van der Waals surface area contributed by atoms with E-state index >= 15 is 0 Å². The minimum absolute atomic E-state index is 0.00307. The predicted octanol–water partition coefficient (Wildman–Crippen LogP) is 1.57. The summed E-state index contributed by atoms with van der Waals surface area (Å²) in [5, 5.41) is 11.9. The highest BCUT2D eigenvalue weighted by molar-refractivity contribution is 5.94. The van der Waals surface area contributed by atoms with E-state index in [2.05, 4.69) is 11.4 Å². The van der Waals surface area contributed by atoms with Crippen molar-refractivity contribution in [1.29, 1.82) is 5.26 Å². The van der Waals surface area contributed by atoms with Crippen LogP contribution in [0.25, 0.3) is 0 Å². The monoisotopic (exact) mass is 243 g/mol. The van der Waals surface area contributed by atoms with E-state index in [1.807, 2.05) is 12.1 Å². The molecule has 0 heterocycles. The number of rotatable bonds is 3. The third-order valence-corrected chi connectivity index (χ3v) is 3.45. The number of benzene rings is 1. The first-order valence-corrected chi connectivity index (χ1v) is 6.24. The van der Waals surface area contributed by atoms with E-state index in [0.29, 0.717) is 12.1 Å². The van der Waals surface area contributed by atoms with Crippen molar-refractivity contribution in [2.45, 2.75) is 31.8 Å². The van der Waals surface area contributed by atoms with Crippen LogP contribution < -0.4 is 11.1 Å². The Morgan fingerprint density at radius 3 is 2.72 bits per heavy atom. The average Bonchev–Trinajstić information content (AvgIpc) is 2.86. The molecule has 0 aliphatic heterocycles. The number of amides is 1. The highest BCUT2D eigenvalue weighted by Gasteiger charge is 2.28. The minimum Gasteiger partial charge on any atom is -0.348 e. The van der Waals surface area contributed by atoms with Gasteiger partial charge in [0, 0.05) is 18.2 Å². The molecule has 0 radical (unpaired) electrons. The van der Waals surface area contributed by atoms with Crippen LogP contribution in [0.15, 0.2) is 24.3 Å². The maximum absolute atomic E-state index is 12.0. The van der Waals surface area contributed by atoms with Gasteiger partial charge >= 0.3 is 0 Å². The molecule has 1 fully saturated rings. The number of nitrogens with zero attached hydrogens (tertiary/aromatic N) is 1. The second-order valence-electron chi connectivity index (χ2n) is 4.65. The Morgan fingerprint density at radius 1 is 1.39 bits per heavy atom. The van der Waals surface area contributed by atoms with Crippen LogP contribution in [0.2, 0.25) is 0 Å². The molecule has 1 aliphatic carbocycles. The molecule has 4 nitrogen and oxygen atoms in total. The number of nitrogens with one attached hydrogen (secondary N) is 1. The van der Waals surface area contributed by atoms with E-state index in [-0.39, 0.29) is 17.9 Å². The van der Waals surface area contributed by atoms with Crippen molar-refractivity contribution >= 4 is 5.91 Å². The molecular formula is C14H17N3O. The molecule has 2 rings (SSSR count). The Kier molecular flexibility index (Phi) is 3.96. The Morgan fingerprint density at radius 2 is 2.11 bits per heavy atom. The molecule has 1 aromatic carbocycles. The summed E-state index contributed by atoms with van der Waals surface area (Å²) in [5.41, 5.74) is 7.13. The molecule has 1 aromatic rings. The predicted molar refractivity (Wildman–Crippen MR) is 68.5 cm³/mol. The lowest BCUT2D eigenvalue weighted by atomic mass is 10.0. The van der Waals surface area contributed by atoms with E-state index in [9.17, 15) is 4.79 Å². The molecule has 0 spiro atoms. The summed E-state index contributed by atoms with van der Waals surface area (Å²) in [5.74, 6) is -0.150. The quantitative estimate of drug-likeness (QED) is 0.845. The standard InChI is InChI=1S/C14H17N3O/c15-8-10-4-6-11(7-5-10)14(18)17-13-3-1-2-12(13)9-16/h4-7,12-13H,1-3,8,15H2,(H,17,18). The van der Waals surface area contributed by atoms with Crippen molar-refractivity contribution in [2.75, 3.05) is 0 Å². The molecule has 2 unspecified atom stereocenters. The van der Waals surface area contributed by atoms with Crippen molar-refractivity contribution in [3.05, 3.63) is 35.4 Å². The summed E-state index contributed by atoms with van der Waals surface area (Å²) >= 11 is 0. The first-order valence-electron chi connectivity index (χ1n) is 6.24. The van der Waals surface area contributed by atoms with Gasteiger partial charge < -0.3 is 11.1 Å². The molecule has 0 bridgehead atoms. The molecule has 1 saturated carbocycles. The van der Waals surface area contributed by atoms with Gasteiger partial charge in [-0.2, -0.15) is 5.26 Å². The Bertz CT molecular complexity index is 461. The molecule has 0 aromatic heterocycles. The summed E-state index contributed by atoms with van der Waals surface area (Å²) in [7, 11) is 0. The first kappa shape index (κ1) is 12.6. The fourth-order valence-electron chi connectivity index (χ4n) is 2.33. The zero-order valence-corrected chi connectivity index (χ0v) is 10.2. The summed E-state index contributed by atoms with van der Waals surface area (Å²) in [6, 6.07) is 9.50. The maximum atomic E-state index is 12.0. The molecule has 2 atom stereocenters. The van der Waals surface area contributed by atoms with Gasteiger partial charge in [0.25, 0.3) is 5.91 Å².